The second-order valence-corrected chi connectivity index (χ2v) is 15.3. The number of piperidine rings is 1. The van der Waals surface area contributed by atoms with E-state index in [2.05, 4.69) is 88.3 Å². The van der Waals surface area contributed by atoms with E-state index in [0.29, 0.717) is 23.9 Å². The first-order valence-electron chi connectivity index (χ1n) is 19.0. The summed E-state index contributed by atoms with van der Waals surface area (Å²) in [7, 11) is 0. The maximum absolute atomic E-state index is 12.1. The zero-order chi connectivity index (χ0) is 38.1. The smallest absolute Gasteiger partial charge is 0.407 e. The lowest BCUT2D eigenvalue weighted by molar-refractivity contribution is 0.0524. The van der Waals surface area contributed by atoms with Gasteiger partial charge in [0.05, 0.1) is 11.8 Å². The minimum Gasteiger partial charge on any atom is -0.491 e. The Morgan fingerprint density at radius 2 is 1.41 bits per heavy atom. The third kappa shape index (κ3) is 9.29. The van der Waals surface area contributed by atoms with Crippen LogP contribution in [0.5, 0.6) is 5.75 Å². The van der Waals surface area contributed by atoms with Crippen LogP contribution in [0.15, 0.2) is 128 Å². The summed E-state index contributed by atoms with van der Waals surface area (Å²) in [5.74, 6) is 2.07. The number of ether oxygens (including phenoxy) is 2. The topological polar surface area (TPSA) is 99.6 Å². The number of carbonyl (C=O) groups excluding carboxylic acids is 1. The molecule has 1 aliphatic rings. The van der Waals surface area contributed by atoms with Crippen molar-refractivity contribution in [3.05, 3.63) is 155 Å². The second kappa shape index (κ2) is 17.0. The van der Waals surface area contributed by atoms with Crippen molar-refractivity contribution in [2.24, 2.45) is 5.92 Å². The number of amides is 1. The highest BCUT2D eigenvalue weighted by Gasteiger charge is 2.37. The summed E-state index contributed by atoms with van der Waals surface area (Å²) in [6.07, 6.45) is 4.33. The Bertz CT molecular complexity index is 1890. The summed E-state index contributed by atoms with van der Waals surface area (Å²) in [4.78, 5) is 19.2. The fourth-order valence-corrected chi connectivity index (χ4v) is 7.21. The number of alkyl carbamates (subject to hydrolysis) is 1. The summed E-state index contributed by atoms with van der Waals surface area (Å²) in [6.45, 7) is 12.0. The van der Waals surface area contributed by atoms with E-state index in [9.17, 15) is 10.2 Å². The summed E-state index contributed by atoms with van der Waals surface area (Å²) < 4.78 is 11.6. The molecule has 0 radical (unpaired) electrons. The quantitative estimate of drug-likeness (QED) is 0.0827. The van der Waals surface area contributed by atoms with Crippen molar-refractivity contribution in [3.8, 4) is 5.75 Å². The number of hydrogen-bond acceptors (Lipinski definition) is 7. The highest BCUT2D eigenvalue weighted by Crippen LogP contribution is 2.41. The van der Waals surface area contributed by atoms with Crippen molar-refractivity contribution >= 4 is 23.3 Å². The van der Waals surface area contributed by atoms with E-state index in [1.165, 1.54) is 0 Å². The van der Waals surface area contributed by atoms with Gasteiger partial charge < -0.3 is 25.0 Å². The van der Waals surface area contributed by atoms with E-state index in [-0.39, 0.29) is 12.2 Å². The van der Waals surface area contributed by atoms with Crippen LogP contribution in [-0.2, 0) is 10.3 Å². The summed E-state index contributed by atoms with van der Waals surface area (Å²) in [5, 5.41) is 16.6. The average Bonchev–Trinajstić information content (AvgIpc) is 3.17. The summed E-state index contributed by atoms with van der Waals surface area (Å²) in [5.41, 5.74) is 4.66. The highest BCUT2D eigenvalue weighted by atomic mass is 16.6. The number of benzene rings is 4. The molecule has 1 fully saturated rings. The molecular formula is C46H53N5O3. The van der Waals surface area contributed by atoms with Gasteiger partial charge in [-0.2, -0.15) is 0 Å². The Kier molecular flexibility index (Phi) is 12.0. The van der Waals surface area contributed by atoms with Crippen LogP contribution in [0, 0.1) is 11.3 Å². The number of carbonyl (C=O) groups is 1. The van der Waals surface area contributed by atoms with Gasteiger partial charge in [-0.1, -0.05) is 91.0 Å². The molecule has 0 aliphatic carbocycles. The molecular weight excluding hydrogens is 671 g/mol. The van der Waals surface area contributed by atoms with Crippen molar-refractivity contribution < 1.29 is 14.3 Å². The molecule has 1 aliphatic heterocycles. The van der Waals surface area contributed by atoms with Gasteiger partial charge >= 0.3 is 6.09 Å². The Morgan fingerprint density at radius 1 is 0.833 bits per heavy atom. The first kappa shape index (κ1) is 38.1. The second-order valence-electron chi connectivity index (χ2n) is 15.3. The van der Waals surface area contributed by atoms with Crippen LogP contribution < -0.4 is 20.3 Å². The Labute approximate surface area is 320 Å². The van der Waals surface area contributed by atoms with Gasteiger partial charge in [0.15, 0.2) is 0 Å². The monoisotopic (exact) mass is 723 g/mol. The van der Waals surface area contributed by atoms with Gasteiger partial charge in [0.1, 0.15) is 22.7 Å². The van der Waals surface area contributed by atoms with E-state index < -0.39 is 11.1 Å². The number of nitrogens with one attached hydrogen (secondary N) is 3. The van der Waals surface area contributed by atoms with Crippen molar-refractivity contribution in [2.45, 2.75) is 71.1 Å². The molecule has 2 heterocycles. The Balaban J connectivity index is 1.29. The van der Waals surface area contributed by atoms with Crippen molar-refractivity contribution in [1.82, 2.24) is 10.3 Å². The molecule has 3 N–H and O–H groups in total. The fraction of sp³-hybridized carbons (Fsp3) is 0.326. The van der Waals surface area contributed by atoms with Crippen LogP contribution in [0.4, 0.5) is 16.3 Å². The predicted octanol–water partition coefficient (Wildman–Crippen LogP) is 9.82. The maximum atomic E-state index is 12.1. The van der Waals surface area contributed by atoms with Gasteiger partial charge in [0, 0.05) is 42.6 Å². The molecule has 0 unspecified atom stereocenters. The van der Waals surface area contributed by atoms with Gasteiger partial charge in [-0.25, -0.2) is 9.78 Å². The maximum Gasteiger partial charge on any atom is 0.407 e. The van der Waals surface area contributed by atoms with Crippen LogP contribution in [0.1, 0.15) is 81.7 Å². The molecule has 0 spiro atoms. The molecule has 8 heteroatoms. The third-order valence-electron chi connectivity index (χ3n) is 9.77. The van der Waals surface area contributed by atoms with E-state index in [4.69, 9.17) is 14.5 Å². The molecule has 54 heavy (non-hydrogen) atoms. The molecule has 1 aromatic heterocycles. The SMILES string of the molecule is CC(C)Oc1ccc(NC(c2ccccc2)(c2ccccc2)c2ccccc2)c(C(=N)c2ccnc(N3CCC(CCNC(=O)OC(C)(C)C)CC3)c2)c1. The number of anilines is 2. The zero-order valence-corrected chi connectivity index (χ0v) is 32.1. The minimum atomic E-state index is -0.768. The average molecular weight is 724 g/mol. The molecule has 6 rings (SSSR count). The van der Waals surface area contributed by atoms with Gasteiger partial charge in [-0.05, 0) is 107 Å². The summed E-state index contributed by atoms with van der Waals surface area (Å²) >= 11 is 0. The van der Waals surface area contributed by atoms with Crippen LogP contribution in [0.3, 0.4) is 0 Å². The lowest BCUT2D eigenvalue weighted by Gasteiger charge is -2.38. The normalized spacial score (nSPS) is 13.7. The zero-order valence-electron chi connectivity index (χ0n) is 32.1. The van der Waals surface area contributed by atoms with Crippen LogP contribution >= 0.6 is 0 Å². The van der Waals surface area contributed by atoms with Gasteiger partial charge in [0.25, 0.3) is 0 Å². The van der Waals surface area contributed by atoms with Crippen molar-refractivity contribution in [1.29, 1.82) is 5.41 Å². The molecule has 5 aromatic rings. The molecule has 280 valence electrons. The number of nitrogens with zero attached hydrogens (tertiary/aromatic N) is 2. The number of rotatable bonds is 13. The lowest BCUT2D eigenvalue weighted by Crippen LogP contribution is -2.38. The van der Waals surface area contributed by atoms with Crippen molar-refractivity contribution in [3.63, 3.8) is 0 Å². The standard InChI is InChI=1S/C46H53N5O3/c1-33(2)53-39-21-22-41(50-46(36-15-9-6-10-16-36,37-17-11-7-12-18-37)38-19-13-8-14-20-38)40(32-39)43(47)35-24-28-48-42(31-35)51-29-25-34(26-30-51)23-27-49-44(52)54-45(3,4)5/h6-22,24,28,31-34,47,50H,23,25-27,29-30H2,1-5H3,(H,49,52). The number of pyridine rings is 1. The van der Waals surface area contributed by atoms with Crippen LogP contribution in [-0.4, -0.2) is 48.1 Å². The largest absolute Gasteiger partial charge is 0.491 e. The van der Waals surface area contributed by atoms with Gasteiger partial charge in [-0.3, -0.25) is 5.41 Å². The van der Waals surface area contributed by atoms with Crippen molar-refractivity contribution in [2.75, 3.05) is 29.9 Å². The molecule has 1 amide bonds. The minimum absolute atomic E-state index is 0.0218. The molecule has 0 bridgehead atoms. The Morgan fingerprint density at radius 3 is 1.94 bits per heavy atom. The van der Waals surface area contributed by atoms with Crippen LogP contribution in [0.2, 0.25) is 0 Å². The molecule has 1 saturated heterocycles. The molecule has 0 saturated carbocycles. The molecule has 0 atom stereocenters. The van der Waals surface area contributed by atoms with E-state index >= 15 is 0 Å². The fourth-order valence-electron chi connectivity index (χ4n) is 7.21. The number of hydrogen-bond donors (Lipinski definition) is 3. The first-order chi connectivity index (χ1) is 26.0. The Hall–Kier alpha value is -5.63. The van der Waals surface area contributed by atoms with Gasteiger partial charge in [0.2, 0.25) is 0 Å². The molecule has 4 aromatic carbocycles. The number of aromatic nitrogens is 1. The lowest BCUT2D eigenvalue weighted by atomic mass is 9.76. The highest BCUT2D eigenvalue weighted by molar-refractivity contribution is 6.14. The first-order valence-corrected chi connectivity index (χ1v) is 19.0. The van der Waals surface area contributed by atoms with E-state index in [1.807, 2.05) is 83.1 Å². The molecule has 8 nitrogen and oxygen atoms in total. The third-order valence-corrected chi connectivity index (χ3v) is 9.77. The van der Waals surface area contributed by atoms with Crippen LogP contribution in [0.25, 0.3) is 0 Å². The predicted molar refractivity (Wildman–Crippen MR) is 219 cm³/mol. The summed E-state index contributed by atoms with van der Waals surface area (Å²) in [6, 6.07) is 41.4. The van der Waals surface area contributed by atoms with E-state index in [0.717, 1.165) is 71.7 Å². The van der Waals surface area contributed by atoms with Gasteiger partial charge in [-0.15, -0.1) is 0 Å². The van der Waals surface area contributed by atoms with E-state index in [1.54, 1.807) is 6.20 Å².